The number of nitriles is 2. The van der Waals surface area contributed by atoms with Crippen molar-refractivity contribution in [1.82, 2.24) is 38.9 Å². The number of carbonyl (C=O) groups excluding carboxylic acids is 2. The Bertz CT molecular complexity index is 3880. The molecule has 0 spiro atoms. The molecule has 0 radical (unpaired) electrons. The van der Waals surface area contributed by atoms with Gasteiger partial charge in [0.15, 0.2) is 28.1 Å². The summed E-state index contributed by atoms with van der Waals surface area (Å²) in [6, 6.07) is 16.7. The SMILES string of the molecule is C=CC(=O)N1CCN(c2c(C#N)c(=O)n(-c3c(C(C)C)cc(/C=C\C(=O)N4CCN(c5c(C#N)c(=O)n(-c6c(C(C)C)ccnc6N(C)C)c6nc(-c7ccccc7F)c(Cl)cc56)CC4)nc3C(C)C)c3nc(Cl)c(F)cc23)CC1. The molecule has 0 unspecified atom stereocenters. The Morgan fingerprint density at radius 2 is 1.24 bits per heavy atom. The third kappa shape index (κ3) is 10.1. The van der Waals surface area contributed by atoms with Gasteiger partial charge in [0.2, 0.25) is 11.8 Å². The Labute approximate surface area is 470 Å². The number of pyridine rings is 6. The summed E-state index contributed by atoms with van der Waals surface area (Å²) in [6.07, 6.45) is 5.89. The van der Waals surface area contributed by atoms with Gasteiger partial charge in [-0.15, -0.1) is 0 Å². The van der Waals surface area contributed by atoms with Crippen LogP contribution >= 0.6 is 23.2 Å². The molecule has 0 aliphatic carbocycles. The summed E-state index contributed by atoms with van der Waals surface area (Å²) in [4.78, 5) is 84.2. The van der Waals surface area contributed by atoms with Crippen molar-refractivity contribution in [2.45, 2.75) is 59.3 Å². The van der Waals surface area contributed by atoms with Gasteiger partial charge in [0.05, 0.1) is 44.9 Å². The maximum absolute atomic E-state index is 15.5. The van der Waals surface area contributed by atoms with Crippen molar-refractivity contribution in [3.05, 3.63) is 150 Å². The Hall–Kier alpha value is -8.52. The second-order valence-electron chi connectivity index (χ2n) is 20.7. The van der Waals surface area contributed by atoms with Crippen molar-refractivity contribution in [3.63, 3.8) is 0 Å². The Balaban J connectivity index is 1.08. The lowest BCUT2D eigenvalue weighted by molar-refractivity contribution is -0.127. The molecule has 17 nitrogen and oxygen atoms in total. The molecule has 80 heavy (non-hydrogen) atoms. The molecule has 2 fully saturated rings. The number of halogens is 4. The first kappa shape index (κ1) is 56.2. The summed E-state index contributed by atoms with van der Waals surface area (Å²) >= 11 is 13.4. The number of amides is 2. The summed E-state index contributed by atoms with van der Waals surface area (Å²) in [5.41, 5.74) is 2.03. The second kappa shape index (κ2) is 22.7. The monoisotopic (exact) mass is 1120 g/mol. The zero-order valence-electron chi connectivity index (χ0n) is 45.5. The molecule has 0 saturated carbocycles. The Morgan fingerprint density at radius 3 is 1.77 bits per heavy atom. The molecule has 0 N–H and O–H groups in total. The number of carbonyl (C=O) groups is 2. The van der Waals surface area contributed by atoms with Crippen molar-refractivity contribution in [2.75, 3.05) is 81.2 Å². The lowest BCUT2D eigenvalue weighted by Gasteiger charge is -2.36. The van der Waals surface area contributed by atoms with E-state index in [-0.39, 0.29) is 137 Å². The van der Waals surface area contributed by atoms with Crippen LogP contribution in [-0.2, 0) is 9.59 Å². The molecule has 2 saturated heterocycles. The number of aromatic nitrogens is 6. The molecule has 21 heteroatoms. The fourth-order valence-corrected chi connectivity index (χ4v) is 11.0. The molecule has 0 atom stereocenters. The third-order valence-corrected chi connectivity index (χ3v) is 15.1. The molecule has 2 aliphatic heterocycles. The van der Waals surface area contributed by atoms with Gasteiger partial charge in [0.1, 0.15) is 29.1 Å². The molecule has 8 heterocycles. The second-order valence-corrected chi connectivity index (χ2v) is 21.5. The van der Waals surface area contributed by atoms with Crippen molar-refractivity contribution >= 4 is 80.4 Å². The topological polar surface area (TPSA) is 193 Å². The van der Waals surface area contributed by atoms with Crippen LogP contribution in [0.15, 0.2) is 83.0 Å². The fraction of sp³-hybridized carbons (Fsp3) is 0.322. The lowest BCUT2D eigenvalue weighted by Crippen LogP contribution is -2.49. The zero-order chi connectivity index (χ0) is 57.6. The van der Waals surface area contributed by atoms with E-state index in [2.05, 4.69) is 28.7 Å². The predicted octanol–water partition coefficient (Wildman–Crippen LogP) is 9.50. The van der Waals surface area contributed by atoms with Gasteiger partial charge in [-0.05, 0) is 77.4 Å². The Morgan fingerprint density at radius 1 is 0.688 bits per heavy atom. The minimum Gasteiger partial charge on any atom is -0.366 e. The number of hydrogen-bond acceptors (Lipinski definition) is 13. The molecule has 2 amide bonds. The smallest absolute Gasteiger partial charge is 0.277 e. The van der Waals surface area contributed by atoms with E-state index in [9.17, 15) is 24.9 Å². The standard InChI is InChI=1S/C59H57Cl2F2N13O4/c1-10-46(77)71-19-23-74(24-20-71)51-40-29-45(63)54(61)69-56(40)75(58(79)42(51)31-65)52-38(33(4)5)27-35(67-48(52)34(6)7)15-16-47(78)72-21-25-73(26-22-72)50-39-28-43(60)49(37-13-11-12-14-44(37)62)68-55(39)76(59(80)41(50)30-64)53-36(32(2)3)17-18-66-57(53)70(8)9/h10-18,27-29,32-34H,1,19-26H2,2-9H3/b16-15-. The zero-order valence-corrected chi connectivity index (χ0v) is 47.0. The van der Waals surface area contributed by atoms with Crippen LogP contribution in [0.5, 0.6) is 0 Å². The number of rotatable bonds is 12. The highest BCUT2D eigenvalue weighted by Gasteiger charge is 2.33. The fourth-order valence-electron chi connectivity index (χ4n) is 10.6. The third-order valence-electron chi connectivity index (χ3n) is 14.5. The van der Waals surface area contributed by atoms with E-state index in [4.69, 9.17) is 33.2 Å². The number of benzene rings is 1. The number of fused-ring (bicyclic) bond motifs is 2. The van der Waals surface area contributed by atoms with Gasteiger partial charge in [-0.2, -0.15) is 10.5 Å². The Kier molecular flexibility index (Phi) is 15.9. The molecule has 1 aromatic carbocycles. The molecule has 7 aromatic rings. The van der Waals surface area contributed by atoms with Crippen LogP contribution < -0.4 is 25.8 Å². The van der Waals surface area contributed by atoms with Gasteiger partial charge in [0, 0.05) is 95.1 Å². The van der Waals surface area contributed by atoms with E-state index in [1.165, 1.54) is 33.4 Å². The molecular formula is C59H57Cl2F2N13O4. The average molecular weight is 1120 g/mol. The van der Waals surface area contributed by atoms with Gasteiger partial charge in [-0.25, -0.2) is 23.7 Å². The van der Waals surface area contributed by atoms with Crippen LogP contribution in [0, 0.1) is 34.3 Å². The van der Waals surface area contributed by atoms with Gasteiger partial charge >= 0.3 is 0 Å². The number of nitrogens with zero attached hydrogens (tertiary/aromatic N) is 13. The summed E-state index contributed by atoms with van der Waals surface area (Å²) in [7, 11) is 3.60. The number of hydrogen-bond donors (Lipinski definition) is 0. The first-order valence-electron chi connectivity index (χ1n) is 26.1. The van der Waals surface area contributed by atoms with E-state index in [1.54, 1.807) is 76.3 Å². The van der Waals surface area contributed by atoms with Gasteiger partial charge in [-0.1, -0.05) is 83.5 Å². The first-order chi connectivity index (χ1) is 38.2. The van der Waals surface area contributed by atoms with Crippen molar-refractivity contribution in [1.29, 1.82) is 10.5 Å². The van der Waals surface area contributed by atoms with E-state index in [1.807, 2.05) is 52.5 Å². The molecule has 2 aliphatic rings. The van der Waals surface area contributed by atoms with Crippen molar-refractivity contribution in [2.24, 2.45) is 0 Å². The van der Waals surface area contributed by atoms with Crippen molar-refractivity contribution < 1.29 is 18.4 Å². The molecule has 0 bridgehead atoms. The highest BCUT2D eigenvalue weighted by Crippen LogP contribution is 2.41. The normalized spacial score (nSPS) is 14.0. The maximum Gasteiger partial charge on any atom is 0.277 e. The van der Waals surface area contributed by atoms with Crippen LogP contribution in [0.4, 0.5) is 26.0 Å². The average Bonchev–Trinajstić information content (AvgIpc) is 3.64. The summed E-state index contributed by atoms with van der Waals surface area (Å²) in [6.45, 7) is 17.0. The summed E-state index contributed by atoms with van der Waals surface area (Å²) < 4.78 is 33.7. The number of anilines is 3. The van der Waals surface area contributed by atoms with Crippen LogP contribution in [0.2, 0.25) is 10.2 Å². The maximum atomic E-state index is 15.5. The first-order valence-corrected chi connectivity index (χ1v) is 26.9. The largest absolute Gasteiger partial charge is 0.366 e. The van der Waals surface area contributed by atoms with Gasteiger partial charge in [0.25, 0.3) is 11.1 Å². The minimum atomic E-state index is -0.850. The number of piperazine rings is 2. The highest BCUT2D eigenvalue weighted by molar-refractivity contribution is 6.34. The van der Waals surface area contributed by atoms with Crippen LogP contribution in [0.25, 0.3) is 50.8 Å². The predicted molar refractivity (Wildman–Crippen MR) is 308 cm³/mol. The van der Waals surface area contributed by atoms with Crippen molar-refractivity contribution in [3.8, 4) is 34.8 Å². The minimum absolute atomic E-state index is 0.0122. The molecule has 6 aromatic heterocycles. The van der Waals surface area contributed by atoms with E-state index >= 15 is 13.6 Å². The van der Waals surface area contributed by atoms with Crippen LogP contribution in [0.1, 0.15) is 92.9 Å². The summed E-state index contributed by atoms with van der Waals surface area (Å²) in [5.74, 6) is -2.25. The molecule has 410 valence electrons. The lowest BCUT2D eigenvalue weighted by atomic mass is 9.95. The molecular weight excluding hydrogens is 1060 g/mol. The highest BCUT2D eigenvalue weighted by atomic mass is 35.5. The van der Waals surface area contributed by atoms with E-state index in [0.29, 0.717) is 39.5 Å². The quantitative estimate of drug-likeness (QED) is 0.0830. The van der Waals surface area contributed by atoms with E-state index in [0.717, 1.165) is 5.56 Å². The van der Waals surface area contributed by atoms with Gasteiger partial charge < -0.3 is 24.5 Å². The van der Waals surface area contributed by atoms with Crippen LogP contribution in [0.3, 0.4) is 0 Å². The summed E-state index contributed by atoms with van der Waals surface area (Å²) in [5, 5.41) is 21.7. The molecule has 9 rings (SSSR count). The van der Waals surface area contributed by atoms with E-state index < -0.39 is 27.9 Å². The van der Waals surface area contributed by atoms with Gasteiger partial charge in [-0.3, -0.25) is 33.3 Å². The van der Waals surface area contributed by atoms with Crippen LogP contribution in [-0.4, -0.2) is 117 Å².